The summed E-state index contributed by atoms with van der Waals surface area (Å²) in [5.41, 5.74) is 18.3. The van der Waals surface area contributed by atoms with Gasteiger partial charge in [-0.25, -0.2) is 4.99 Å². The van der Waals surface area contributed by atoms with E-state index in [0.29, 0.717) is 0 Å². The number of hydrogen-bond acceptors (Lipinski definition) is 6. The molecule has 2 heterocycles. The van der Waals surface area contributed by atoms with Gasteiger partial charge in [0.2, 0.25) is 0 Å². The number of rotatable bonds is 2. The van der Waals surface area contributed by atoms with Gasteiger partial charge < -0.3 is 21.3 Å². The van der Waals surface area contributed by atoms with Gasteiger partial charge in [-0.3, -0.25) is 0 Å². The Morgan fingerprint density at radius 1 is 1.04 bits per heavy atom. The second-order valence-electron chi connectivity index (χ2n) is 6.38. The number of aliphatic imine (C=N–C) groups is 1. The number of nitrogens with two attached hydrogens (primary N) is 2. The first-order valence-corrected chi connectivity index (χ1v) is 10.00. The van der Waals surface area contributed by atoms with E-state index in [4.69, 9.17) is 11.5 Å². The van der Waals surface area contributed by atoms with E-state index in [1.807, 2.05) is 29.2 Å². The molecule has 2 aliphatic heterocycles. The maximum Gasteiger partial charge on any atom is 0.136 e. The van der Waals surface area contributed by atoms with E-state index in [2.05, 4.69) is 57.9 Å². The Kier molecular flexibility index (Phi) is 4.56. The van der Waals surface area contributed by atoms with Crippen LogP contribution in [0.25, 0.3) is 0 Å². The summed E-state index contributed by atoms with van der Waals surface area (Å²) in [6.07, 6.45) is 1.43. The van der Waals surface area contributed by atoms with Gasteiger partial charge >= 0.3 is 0 Å². The summed E-state index contributed by atoms with van der Waals surface area (Å²) in [5, 5.41) is 0.890. The fourth-order valence-corrected chi connectivity index (χ4v) is 4.69. The Morgan fingerprint density at radius 2 is 1.69 bits per heavy atom. The maximum absolute atomic E-state index is 6.68. The molecule has 26 heavy (non-hydrogen) atoms. The van der Waals surface area contributed by atoms with Gasteiger partial charge in [-0.1, -0.05) is 45.9 Å². The minimum atomic E-state index is -0.358. The third kappa shape index (κ3) is 2.85. The topological polar surface area (TPSA) is 70.9 Å². The fourth-order valence-electron chi connectivity index (χ4n) is 3.43. The first-order valence-electron chi connectivity index (χ1n) is 8.33. The predicted molar refractivity (Wildman–Crippen MR) is 114 cm³/mol. The van der Waals surface area contributed by atoms with Crippen molar-refractivity contribution in [3.05, 3.63) is 68.8 Å². The molecular weight excluding hydrogens is 410 g/mol. The molecule has 2 aliphatic rings. The molecule has 5 nitrogen and oxygen atoms in total. The van der Waals surface area contributed by atoms with Crippen molar-refractivity contribution in [2.45, 2.75) is 25.5 Å². The van der Waals surface area contributed by atoms with Crippen molar-refractivity contribution in [3.8, 4) is 0 Å². The van der Waals surface area contributed by atoms with Crippen molar-refractivity contribution in [2.75, 3.05) is 9.80 Å². The second-order valence-corrected chi connectivity index (χ2v) is 8.40. The molecule has 4 rings (SSSR count). The van der Waals surface area contributed by atoms with Gasteiger partial charge in [0, 0.05) is 15.8 Å². The minimum absolute atomic E-state index is 0.243. The number of aryl methyl sites for hydroxylation is 2. The van der Waals surface area contributed by atoms with Gasteiger partial charge in [0.05, 0.1) is 12.0 Å². The molecule has 0 amide bonds. The Balaban J connectivity index is 1.76. The Bertz CT molecular complexity index is 888. The highest BCUT2D eigenvalue weighted by Gasteiger charge is 2.39. The van der Waals surface area contributed by atoms with Crippen LogP contribution in [0.15, 0.2) is 62.7 Å². The monoisotopic (exact) mass is 429 g/mol. The van der Waals surface area contributed by atoms with Gasteiger partial charge in [0.15, 0.2) is 0 Å². The molecule has 2 aromatic rings. The number of thioether (sulfide) groups is 1. The maximum atomic E-state index is 6.68. The third-order valence-corrected chi connectivity index (χ3v) is 6.17. The van der Waals surface area contributed by atoms with E-state index >= 15 is 0 Å². The number of halogens is 1. The summed E-state index contributed by atoms with van der Waals surface area (Å²) in [5.74, 6) is 0. The molecular formula is C19H20BrN5S. The van der Waals surface area contributed by atoms with Crippen LogP contribution in [0.2, 0.25) is 0 Å². The summed E-state index contributed by atoms with van der Waals surface area (Å²) in [6, 6.07) is 14.3. The summed E-state index contributed by atoms with van der Waals surface area (Å²) >= 11 is 5.02. The van der Waals surface area contributed by atoms with E-state index in [0.717, 1.165) is 26.6 Å². The number of benzene rings is 2. The van der Waals surface area contributed by atoms with Crippen molar-refractivity contribution >= 4 is 45.4 Å². The highest BCUT2D eigenvalue weighted by Crippen LogP contribution is 2.45. The molecule has 0 aromatic heterocycles. The molecule has 0 spiro atoms. The van der Waals surface area contributed by atoms with Gasteiger partial charge in [-0.2, -0.15) is 0 Å². The molecule has 0 fully saturated rings. The summed E-state index contributed by atoms with van der Waals surface area (Å²) in [4.78, 5) is 8.75. The molecule has 0 bridgehead atoms. The molecule has 0 saturated carbocycles. The lowest BCUT2D eigenvalue weighted by molar-refractivity contribution is 0.721. The molecule has 0 radical (unpaired) electrons. The van der Waals surface area contributed by atoms with Crippen LogP contribution in [0.4, 0.5) is 11.4 Å². The zero-order valence-corrected chi connectivity index (χ0v) is 17.0. The van der Waals surface area contributed by atoms with E-state index < -0.39 is 0 Å². The SMILES string of the molecule is Cc1cccc(C)c1N1C2=C(N=CN(c3ccc(Br)cc3)C2N)SC1N. The first-order chi connectivity index (χ1) is 12.5. The van der Waals surface area contributed by atoms with Gasteiger partial charge in [0.1, 0.15) is 16.7 Å². The zero-order valence-electron chi connectivity index (χ0n) is 14.6. The average molecular weight is 430 g/mol. The lowest BCUT2D eigenvalue weighted by atomic mass is 10.1. The van der Waals surface area contributed by atoms with Crippen molar-refractivity contribution < 1.29 is 0 Å². The van der Waals surface area contributed by atoms with E-state index in [1.54, 1.807) is 18.1 Å². The van der Waals surface area contributed by atoms with Crippen LogP contribution in [-0.4, -0.2) is 18.0 Å². The van der Waals surface area contributed by atoms with E-state index in [-0.39, 0.29) is 11.7 Å². The van der Waals surface area contributed by atoms with Crippen molar-refractivity contribution in [3.63, 3.8) is 0 Å². The Labute approximate surface area is 165 Å². The van der Waals surface area contributed by atoms with Crippen LogP contribution < -0.4 is 21.3 Å². The Morgan fingerprint density at radius 3 is 2.35 bits per heavy atom. The quantitative estimate of drug-likeness (QED) is 0.757. The smallest absolute Gasteiger partial charge is 0.136 e. The minimum Gasteiger partial charge on any atom is -0.314 e. The van der Waals surface area contributed by atoms with Crippen LogP contribution in [0.5, 0.6) is 0 Å². The number of hydrogen-bond donors (Lipinski definition) is 2. The second kappa shape index (κ2) is 6.74. The lowest BCUT2D eigenvalue weighted by Crippen LogP contribution is -2.50. The highest BCUT2D eigenvalue weighted by atomic mass is 79.9. The van der Waals surface area contributed by atoms with E-state index in [1.165, 1.54) is 11.1 Å². The highest BCUT2D eigenvalue weighted by molar-refractivity contribution is 9.10. The van der Waals surface area contributed by atoms with Crippen LogP contribution in [0.1, 0.15) is 11.1 Å². The fraction of sp³-hybridized carbons (Fsp3) is 0.211. The van der Waals surface area contributed by atoms with Crippen molar-refractivity contribution in [1.29, 1.82) is 0 Å². The molecule has 134 valence electrons. The van der Waals surface area contributed by atoms with Gasteiger partial charge in [-0.05, 0) is 49.2 Å². The van der Waals surface area contributed by atoms with Gasteiger partial charge in [0.25, 0.3) is 0 Å². The van der Waals surface area contributed by atoms with Crippen LogP contribution in [0, 0.1) is 13.8 Å². The Hall–Kier alpha value is -1.80. The van der Waals surface area contributed by atoms with Crippen molar-refractivity contribution in [1.82, 2.24) is 0 Å². The largest absolute Gasteiger partial charge is 0.314 e. The normalized spacial score (nSPS) is 22.2. The van der Waals surface area contributed by atoms with Crippen LogP contribution >= 0.6 is 27.7 Å². The molecule has 2 atom stereocenters. The number of nitrogens with zero attached hydrogens (tertiary/aromatic N) is 3. The zero-order chi connectivity index (χ0) is 18.4. The van der Waals surface area contributed by atoms with Gasteiger partial charge in [-0.15, -0.1) is 0 Å². The number of anilines is 2. The molecule has 2 aromatic carbocycles. The molecule has 0 saturated heterocycles. The molecule has 0 aliphatic carbocycles. The number of para-hydroxylation sites is 1. The van der Waals surface area contributed by atoms with E-state index in [9.17, 15) is 0 Å². The molecule has 7 heteroatoms. The standard InChI is InChI=1S/C19H20BrN5S/c1-11-4-3-5-12(2)15(11)25-16-17(21)24(10-23-18(16)26-19(25)22)14-8-6-13(20)7-9-14/h3-10,17,19H,21-22H2,1-2H3. The average Bonchev–Trinajstić information content (AvgIpc) is 2.93. The summed E-state index contributed by atoms with van der Waals surface area (Å²) in [6.45, 7) is 4.20. The van der Waals surface area contributed by atoms with Crippen LogP contribution in [-0.2, 0) is 0 Å². The van der Waals surface area contributed by atoms with Crippen molar-refractivity contribution in [2.24, 2.45) is 16.5 Å². The molecule has 2 unspecified atom stereocenters. The summed E-state index contributed by atoms with van der Waals surface area (Å²) in [7, 11) is 0. The first kappa shape index (κ1) is 17.6. The molecule has 4 N–H and O–H groups in total. The predicted octanol–water partition coefficient (Wildman–Crippen LogP) is 3.86. The van der Waals surface area contributed by atoms with Crippen LogP contribution in [0.3, 0.4) is 0 Å². The third-order valence-electron chi connectivity index (χ3n) is 4.65. The summed E-state index contributed by atoms with van der Waals surface area (Å²) < 4.78 is 1.03. The lowest BCUT2D eigenvalue weighted by Gasteiger charge is -2.36.